The summed E-state index contributed by atoms with van der Waals surface area (Å²) in [5.41, 5.74) is 2.34. The summed E-state index contributed by atoms with van der Waals surface area (Å²) in [6, 6.07) is 18.4. The van der Waals surface area contributed by atoms with Crippen molar-refractivity contribution in [3.05, 3.63) is 94.0 Å². The molecule has 0 saturated carbocycles. The van der Waals surface area contributed by atoms with Crippen molar-refractivity contribution in [2.75, 3.05) is 19.1 Å². The fourth-order valence-corrected chi connectivity index (χ4v) is 4.49. The fourth-order valence-electron chi connectivity index (χ4n) is 4.28. The van der Waals surface area contributed by atoms with Crippen LogP contribution in [0.4, 0.5) is 5.69 Å². The van der Waals surface area contributed by atoms with Crippen LogP contribution in [-0.4, -0.2) is 31.0 Å². The van der Waals surface area contributed by atoms with Crippen LogP contribution in [-0.2, 0) is 15.0 Å². The van der Waals surface area contributed by atoms with Crippen molar-refractivity contribution in [1.29, 1.82) is 0 Å². The SMILES string of the molecule is COc1ccc(C2/C(=C(\O)c3cc(OC)ccc3Cl)C(=O)C(=O)N2c2ccc(C(C)(C)C)cc2)cc1. The lowest BCUT2D eigenvalue weighted by atomic mass is 9.87. The van der Waals surface area contributed by atoms with Gasteiger partial charge in [-0.25, -0.2) is 0 Å². The number of methoxy groups -OCH3 is 2. The molecular weight excluding hydrogens is 478 g/mol. The standard InChI is InChI=1S/C29H28ClNO5/c1-29(2,3)18-8-10-19(11-9-18)31-25(17-6-12-20(35-4)13-7-17)24(27(33)28(31)34)26(32)22-16-21(36-5)14-15-23(22)30/h6-16,25,32H,1-5H3/b26-24+. The van der Waals surface area contributed by atoms with Gasteiger partial charge >= 0.3 is 0 Å². The molecule has 7 heteroatoms. The van der Waals surface area contributed by atoms with Gasteiger partial charge in [0.25, 0.3) is 11.7 Å². The molecule has 6 nitrogen and oxygen atoms in total. The van der Waals surface area contributed by atoms with E-state index in [0.717, 1.165) is 5.56 Å². The zero-order valence-corrected chi connectivity index (χ0v) is 21.6. The molecule has 0 aromatic heterocycles. The van der Waals surface area contributed by atoms with Crippen molar-refractivity contribution in [3.8, 4) is 11.5 Å². The zero-order valence-electron chi connectivity index (χ0n) is 20.8. The number of nitrogens with zero attached hydrogens (tertiary/aromatic N) is 1. The molecule has 4 rings (SSSR count). The molecule has 1 N–H and O–H groups in total. The summed E-state index contributed by atoms with van der Waals surface area (Å²) < 4.78 is 10.5. The predicted molar refractivity (Wildman–Crippen MR) is 141 cm³/mol. The van der Waals surface area contributed by atoms with Crippen LogP contribution in [0.15, 0.2) is 72.3 Å². The molecule has 0 spiro atoms. The number of halogens is 1. The largest absolute Gasteiger partial charge is 0.507 e. The molecule has 1 unspecified atom stereocenters. The van der Waals surface area contributed by atoms with E-state index >= 15 is 0 Å². The monoisotopic (exact) mass is 505 g/mol. The smallest absolute Gasteiger partial charge is 0.300 e. The average Bonchev–Trinajstić information content (AvgIpc) is 3.13. The number of ether oxygens (including phenoxy) is 2. The van der Waals surface area contributed by atoms with Gasteiger partial charge in [0.15, 0.2) is 0 Å². The number of benzene rings is 3. The van der Waals surface area contributed by atoms with E-state index in [2.05, 4.69) is 20.8 Å². The van der Waals surface area contributed by atoms with Gasteiger partial charge in [-0.1, -0.05) is 56.6 Å². The summed E-state index contributed by atoms with van der Waals surface area (Å²) in [7, 11) is 3.05. The summed E-state index contributed by atoms with van der Waals surface area (Å²) in [6.45, 7) is 6.30. The highest BCUT2D eigenvalue weighted by Crippen LogP contribution is 2.44. The maximum Gasteiger partial charge on any atom is 0.300 e. The molecule has 1 amide bonds. The number of carbonyl (C=O) groups is 2. The van der Waals surface area contributed by atoms with E-state index in [4.69, 9.17) is 21.1 Å². The average molecular weight is 506 g/mol. The lowest BCUT2D eigenvalue weighted by molar-refractivity contribution is -0.132. The first kappa shape index (κ1) is 25.3. The van der Waals surface area contributed by atoms with Gasteiger partial charge in [-0.15, -0.1) is 0 Å². The van der Waals surface area contributed by atoms with Gasteiger partial charge in [0.05, 0.1) is 30.9 Å². The third kappa shape index (κ3) is 4.56. The van der Waals surface area contributed by atoms with Gasteiger partial charge in [-0.2, -0.15) is 0 Å². The first-order chi connectivity index (χ1) is 17.1. The van der Waals surface area contributed by atoms with Crippen LogP contribution < -0.4 is 14.4 Å². The number of anilines is 1. The number of rotatable bonds is 5. The van der Waals surface area contributed by atoms with Crippen LogP contribution in [0.3, 0.4) is 0 Å². The molecule has 0 aliphatic carbocycles. The summed E-state index contributed by atoms with van der Waals surface area (Å²) >= 11 is 6.38. The second-order valence-electron chi connectivity index (χ2n) is 9.58. The molecule has 0 bridgehead atoms. The lowest BCUT2D eigenvalue weighted by Crippen LogP contribution is -2.29. The lowest BCUT2D eigenvalue weighted by Gasteiger charge is -2.27. The molecule has 1 aliphatic rings. The van der Waals surface area contributed by atoms with E-state index in [1.165, 1.54) is 18.1 Å². The Labute approximate surface area is 215 Å². The Morgan fingerprint density at radius 2 is 1.47 bits per heavy atom. The molecule has 186 valence electrons. The van der Waals surface area contributed by atoms with Crippen molar-refractivity contribution in [2.24, 2.45) is 0 Å². The van der Waals surface area contributed by atoms with Crippen molar-refractivity contribution in [1.82, 2.24) is 0 Å². The number of Topliss-reactive ketones (excluding diaryl/α,β-unsaturated/α-hetero) is 1. The van der Waals surface area contributed by atoms with Gasteiger partial charge in [-0.05, 0) is 59.0 Å². The molecular formula is C29H28ClNO5. The Bertz CT molecular complexity index is 1340. The minimum Gasteiger partial charge on any atom is -0.507 e. The summed E-state index contributed by atoms with van der Waals surface area (Å²) in [4.78, 5) is 28.2. The van der Waals surface area contributed by atoms with E-state index < -0.39 is 17.7 Å². The molecule has 1 aliphatic heterocycles. The highest BCUT2D eigenvalue weighted by Gasteiger charge is 2.47. The fraction of sp³-hybridized carbons (Fsp3) is 0.241. The quantitative estimate of drug-likeness (QED) is 0.251. The highest BCUT2D eigenvalue weighted by molar-refractivity contribution is 6.52. The Kier molecular flexibility index (Phi) is 6.83. The van der Waals surface area contributed by atoms with Crippen LogP contribution in [0, 0.1) is 0 Å². The third-order valence-electron chi connectivity index (χ3n) is 6.32. The second-order valence-corrected chi connectivity index (χ2v) is 9.99. The predicted octanol–water partition coefficient (Wildman–Crippen LogP) is 6.28. The molecule has 1 atom stereocenters. The minimum absolute atomic E-state index is 0.0554. The van der Waals surface area contributed by atoms with E-state index in [0.29, 0.717) is 22.7 Å². The van der Waals surface area contributed by atoms with E-state index in [9.17, 15) is 14.7 Å². The van der Waals surface area contributed by atoms with Crippen molar-refractivity contribution in [2.45, 2.75) is 32.2 Å². The van der Waals surface area contributed by atoms with Crippen LogP contribution >= 0.6 is 11.6 Å². The zero-order chi connectivity index (χ0) is 26.2. The Hall–Kier alpha value is -3.77. The van der Waals surface area contributed by atoms with Crippen LogP contribution in [0.25, 0.3) is 5.76 Å². The number of hydrogen-bond acceptors (Lipinski definition) is 5. The molecule has 36 heavy (non-hydrogen) atoms. The van der Waals surface area contributed by atoms with Gasteiger partial charge in [0.1, 0.15) is 17.3 Å². The molecule has 1 fully saturated rings. The van der Waals surface area contributed by atoms with Crippen LogP contribution in [0.1, 0.15) is 43.5 Å². The van der Waals surface area contributed by atoms with Crippen LogP contribution in [0.5, 0.6) is 11.5 Å². The summed E-state index contributed by atoms with van der Waals surface area (Å²) in [5.74, 6) is -0.825. The number of aliphatic hydroxyl groups excluding tert-OH is 1. The van der Waals surface area contributed by atoms with Gasteiger partial charge < -0.3 is 14.6 Å². The summed E-state index contributed by atoms with van der Waals surface area (Å²) in [6.07, 6.45) is 0. The molecule has 1 heterocycles. The van der Waals surface area contributed by atoms with Gasteiger partial charge in [-0.3, -0.25) is 14.5 Å². The summed E-state index contributed by atoms with van der Waals surface area (Å²) in [5, 5.41) is 11.6. The second kappa shape index (κ2) is 9.70. The molecule has 0 radical (unpaired) electrons. The van der Waals surface area contributed by atoms with Crippen molar-refractivity contribution in [3.63, 3.8) is 0 Å². The van der Waals surface area contributed by atoms with Crippen molar-refractivity contribution < 1.29 is 24.2 Å². The van der Waals surface area contributed by atoms with Gasteiger partial charge in [0, 0.05) is 11.3 Å². The highest BCUT2D eigenvalue weighted by atomic mass is 35.5. The molecule has 3 aromatic carbocycles. The van der Waals surface area contributed by atoms with E-state index in [1.807, 2.05) is 24.3 Å². The molecule has 3 aromatic rings. The van der Waals surface area contributed by atoms with E-state index in [1.54, 1.807) is 43.5 Å². The number of aliphatic hydroxyl groups is 1. The molecule has 1 saturated heterocycles. The third-order valence-corrected chi connectivity index (χ3v) is 6.65. The number of amides is 1. The Morgan fingerprint density at radius 3 is 2.03 bits per heavy atom. The first-order valence-corrected chi connectivity index (χ1v) is 11.8. The minimum atomic E-state index is -0.876. The van der Waals surface area contributed by atoms with Gasteiger partial charge in [0.2, 0.25) is 0 Å². The number of hydrogen-bond donors (Lipinski definition) is 1. The maximum atomic E-state index is 13.4. The number of ketones is 1. The van der Waals surface area contributed by atoms with E-state index in [-0.39, 0.29) is 27.3 Å². The topological polar surface area (TPSA) is 76.1 Å². The van der Waals surface area contributed by atoms with Crippen LogP contribution in [0.2, 0.25) is 5.02 Å². The Morgan fingerprint density at radius 1 is 0.889 bits per heavy atom. The first-order valence-electron chi connectivity index (χ1n) is 11.5. The normalized spacial score (nSPS) is 17.4. The number of carbonyl (C=O) groups excluding carboxylic acids is 2. The van der Waals surface area contributed by atoms with Crippen molar-refractivity contribution >= 4 is 34.7 Å². The Balaban J connectivity index is 1.93. The maximum absolute atomic E-state index is 13.4.